The molecule has 0 bridgehead atoms. The zero-order chi connectivity index (χ0) is 20.8. The molecule has 2 aromatic rings. The number of carbonyl (C=O) groups excluding carboxylic acids is 2. The number of benzene rings is 2. The summed E-state index contributed by atoms with van der Waals surface area (Å²) in [5, 5.41) is 23.2. The molecule has 0 heterocycles. The zero-order valence-electron chi connectivity index (χ0n) is 14.6. The third kappa shape index (κ3) is 5.10. The average Bonchev–Trinajstić information content (AvgIpc) is 2.67. The highest BCUT2D eigenvalue weighted by Gasteiger charge is 2.28. The standard InChI is InChI=1S/C17H16Cl2N4O5/c1-10(16(24)21-26)22(9-11-4-2-3-5-15(11)23(27)28)17(25)20-12-6-7-13(18)14(19)8-12/h2-8,10,26H,9H2,1H3,(H,20,25)(H,21,24)/t10-/m0/s1. The van der Waals surface area contributed by atoms with Gasteiger partial charge in [0.25, 0.3) is 11.6 Å². The molecule has 9 nitrogen and oxygen atoms in total. The summed E-state index contributed by atoms with van der Waals surface area (Å²) < 4.78 is 0. The van der Waals surface area contributed by atoms with Crippen LogP contribution < -0.4 is 10.8 Å². The molecule has 0 aliphatic heterocycles. The van der Waals surface area contributed by atoms with Crippen LogP contribution in [0.25, 0.3) is 0 Å². The van der Waals surface area contributed by atoms with E-state index in [4.69, 9.17) is 28.4 Å². The van der Waals surface area contributed by atoms with Crippen LogP contribution in [0.3, 0.4) is 0 Å². The molecule has 2 aromatic carbocycles. The van der Waals surface area contributed by atoms with Crippen LogP contribution in [0.15, 0.2) is 42.5 Å². The molecule has 3 amide bonds. The van der Waals surface area contributed by atoms with E-state index in [2.05, 4.69) is 5.32 Å². The van der Waals surface area contributed by atoms with Crippen molar-refractivity contribution in [2.24, 2.45) is 0 Å². The highest BCUT2D eigenvalue weighted by Crippen LogP contribution is 2.26. The van der Waals surface area contributed by atoms with Gasteiger partial charge >= 0.3 is 6.03 Å². The van der Waals surface area contributed by atoms with E-state index in [9.17, 15) is 19.7 Å². The van der Waals surface area contributed by atoms with Gasteiger partial charge in [0, 0.05) is 17.3 Å². The fourth-order valence-corrected chi connectivity index (χ4v) is 2.69. The van der Waals surface area contributed by atoms with Gasteiger partial charge in [-0.1, -0.05) is 41.4 Å². The summed E-state index contributed by atoms with van der Waals surface area (Å²) in [6.45, 7) is 1.12. The van der Waals surface area contributed by atoms with Crippen LogP contribution in [0, 0.1) is 10.1 Å². The Morgan fingerprint density at radius 2 is 1.89 bits per heavy atom. The van der Waals surface area contributed by atoms with Gasteiger partial charge in [-0.3, -0.25) is 20.1 Å². The first kappa shape index (κ1) is 21.4. The molecule has 0 spiro atoms. The third-order valence-electron chi connectivity index (χ3n) is 3.92. The maximum atomic E-state index is 12.8. The van der Waals surface area contributed by atoms with Gasteiger partial charge < -0.3 is 10.2 Å². The Hall–Kier alpha value is -2.88. The van der Waals surface area contributed by atoms with E-state index in [-0.39, 0.29) is 22.8 Å². The van der Waals surface area contributed by atoms with Crippen LogP contribution in [0.5, 0.6) is 0 Å². The van der Waals surface area contributed by atoms with E-state index < -0.39 is 22.9 Å². The van der Waals surface area contributed by atoms with Gasteiger partial charge in [0.1, 0.15) is 6.04 Å². The lowest BCUT2D eigenvalue weighted by atomic mass is 10.1. The fourth-order valence-electron chi connectivity index (χ4n) is 2.39. The molecule has 3 N–H and O–H groups in total. The first-order chi connectivity index (χ1) is 13.2. The minimum Gasteiger partial charge on any atom is -0.308 e. The van der Waals surface area contributed by atoms with E-state index in [1.54, 1.807) is 6.07 Å². The number of nitro benzene ring substituents is 1. The van der Waals surface area contributed by atoms with Crippen molar-refractivity contribution < 1.29 is 19.7 Å². The van der Waals surface area contributed by atoms with Gasteiger partial charge in [0.2, 0.25) is 0 Å². The van der Waals surface area contributed by atoms with E-state index in [1.807, 2.05) is 0 Å². The van der Waals surface area contributed by atoms with Crippen molar-refractivity contribution in [2.45, 2.75) is 19.5 Å². The second-order valence-corrected chi connectivity index (χ2v) is 6.54. The molecule has 0 saturated carbocycles. The lowest BCUT2D eigenvalue weighted by Crippen LogP contribution is -2.48. The Bertz CT molecular complexity index is 909. The highest BCUT2D eigenvalue weighted by molar-refractivity contribution is 6.42. The minimum atomic E-state index is -1.13. The number of nitrogens with zero attached hydrogens (tertiary/aromatic N) is 2. The maximum absolute atomic E-state index is 12.8. The van der Waals surface area contributed by atoms with Crippen molar-refractivity contribution >= 4 is 46.5 Å². The number of rotatable bonds is 6. The number of amides is 3. The van der Waals surface area contributed by atoms with Crippen molar-refractivity contribution in [3.05, 3.63) is 68.2 Å². The third-order valence-corrected chi connectivity index (χ3v) is 4.66. The molecule has 0 aliphatic rings. The summed E-state index contributed by atoms with van der Waals surface area (Å²) in [5.74, 6) is -0.858. The topological polar surface area (TPSA) is 125 Å². The second-order valence-electron chi connectivity index (χ2n) is 5.72. The number of nitro groups is 1. The molecule has 0 aromatic heterocycles. The van der Waals surface area contributed by atoms with E-state index in [0.717, 1.165) is 4.90 Å². The van der Waals surface area contributed by atoms with Crippen LogP contribution in [-0.4, -0.2) is 33.0 Å². The zero-order valence-corrected chi connectivity index (χ0v) is 16.1. The smallest absolute Gasteiger partial charge is 0.308 e. The van der Waals surface area contributed by atoms with Gasteiger partial charge in [-0.15, -0.1) is 0 Å². The van der Waals surface area contributed by atoms with Crippen LogP contribution >= 0.6 is 23.2 Å². The first-order valence-corrected chi connectivity index (χ1v) is 8.69. The molecule has 2 rings (SSSR count). The second kappa shape index (κ2) is 9.36. The van der Waals surface area contributed by atoms with Crippen molar-refractivity contribution in [3.63, 3.8) is 0 Å². The fraction of sp³-hybridized carbons (Fsp3) is 0.176. The number of para-hydroxylation sites is 1. The van der Waals surface area contributed by atoms with Gasteiger partial charge in [-0.2, -0.15) is 0 Å². The Morgan fingerprint density at radius 1 is 1.21 bits per heavy atom. The summed E-state index contributed by atoms with van der Waals surface area (Å²) >= 11 is 11.8. The number of hydrogen-bond acceptors (Lipinski definition) is 5. The summed E-state index contributed by atoms with van der Waals surface area (Å²) in [6, 6.07) is 8.38. The number of urea groups is 1. The Labute approximate surface area is 170 Å². The van der Waals surface area contributed by atoms with Crippen molar-refractivity contribution in [1.82, 2.24) is 10.4 Å². The lowest BCUT2D eigenvalue weighted by molar-refractivity contribution is -0.385. The molecule has 11 heteroatoms. The van der Waals surface area contributed by atoms with Gasteiger partial charge in [0.05, 0.1) is 21.5 Å². The number of nitrogens with one attached hydrogen (secondary N) is 2. The summed E-state index contributed by atoms with van der Waals surface area (Å²) in [6.07, 6.45) is 0. The lowest BCUT2D eigenvalue weighted by Gasteiger charge is -2.28. The number of halogens is 2. The van der Waals surface area contributed by atoms with Crippen LogP contribution in [0.2, 0.25) is 10.0 Å². The molecule has 0 fully saturated rings. The molecule has 1 atom stereocenters. The molecular formula is C17H16Cl2N4O5. The van der Waals surface area contributed by atoms with Gasteiger partial charge in [-0.05, 0) is 25.1 Å². The van der Waals surface area contributed by atoms with Crippen molar-refractivity contribution in [3.8, 4) is 0 Å². The largest absolute Gasteiger partial charge is 0.322 e. The molecule has 0 aliphatic carbocycles. The average molecular weight is 427 g/mol. The molecule has 28 heavy (non-hydrogen) atoms. The summed E-state index contributed by atoms with van der Waals surface area (Å²) in [4.78, 5) is 36.3. The molecule has 0 radical (unpaired) electrons. The highest BCUT2D eigenvalue weighted by atomic mass is 35.5. The van der Waals surface area contributed by atoms with E-state index in [1.165, 1.54) is 48.8 Å². The van der Waals surface area contributed by atoms with E-state index in [0.29, 0.717) is 10.7 Å². The van der Waals surface area contributed by atoms with Crippen molar-refractivity contribution in [2.75, 3.05) is 5.32 Å². The number of hydroxylamine groups is 1. The van der Waals surface area contributed by atoms with Crippen LogP contribution in [-0.2, 0) is 11.3 Å². The monoisotopic (exact) mass is 426 g/mol. The first-order valence-electron chi connectivity index (χ1n) is 7.93. The van der Waals surface area contributed by atoms with Crippen LogP contribution in [0.4, 0.5) is 16.2 Å². The molecular weight excluding hydrogens is 411 g/mol. The SMILES string of the molecule is C[C@@H](C(=O)NO)N(Cc1ccccc1[N+](=O)[O-])C(=O)Nc1ccc(Cl)c(Cl)c1. The number of hydrogen-bond donors (Lipinski definition) is 3. The molecule has 148 valence electrons. The van der Waals surface area contributed by atoms with Gasteiger partial charge in [-0.25, -0.2) is 10.3 Å². The number of anilines is 1. The van der Waals surface area contributed by atoms with Crippen molar-refractivity contribution in [1.29, 1.82) is 0 Å². The van der Waals surface area contributed by atoms with Crippen LogP contribution in [0.1, 0.15) is 12.5 Å². The normalized spacial score (nSPS) is 11.4. The quantitative estimate of drug-likeness (QED) is 0.367. The maximum Gasteiger partial charge on any atom is 0.322 e. The molecule has 0 saturated heterocycles. The minimum absolute atomic E-state index is 0.202. The Morgan fingerprint density at radius 3 is 2.50 bits per heavy atom. The summed E-state index contributed by atoms with van der Waals surface area (Å²) in [5.41, 5.74) is 1.79. The summed E-state index contributed by atoms with van der Waals surface area (Å²) in [7, 11) is 0. The predicted molar refractivity (Wildman–Crippen MR) is 104 cm³/mol. The number of carbonyl (C=O) groups is 2. The Balaban J connectivity index is 2.33. The van der Waals surface area contributed by atoms with E-state index >= 15 is 0 Å². The Kier molecular flexibility index (Phi) is 7.16. The predicted octanol–water partition coefficient (Wildman–Crippen LogP) is 3.83. The molecule has 0 unspecified atom stereocenters. The van der Waals surface area contributed by atoms with Gasteiger partial charge in [0.15, 0.2) is 0 Å².